The summed E-state index contributed by atoms with van der Waals surface area (Å²) in [6.07, 6.45) is 6.06. The third kappa shape index (κ3) is 4.86. The second kappa shape index (κ2) is 9.01. The summed E-state index contributed by atoms with van der Waals surface area (Å²) < 4.78 is 0. The van der Waals surface area contributed by atoms with Gasteiger partial charge in [-0.2, -0.15) is 5.26 Å². The monoisotopic (exact) mass is 380 g/mol. The van der Waals surface area contributed by atoms with Crippen LogP contribution >= 0.6 is 11.8 Å². The van der Waals surface area contributed by atoms with Crippen LogP contribution in [0.3, 0.4) is 0 Å². The van der Waals surface area contributed by atoms with E-state index in [0.717, 1.165) is 37.1 Å². The summed E-state index contributed by atoms with van der Waals surface area (Å²) in [5.41, 5.74) is 3.70. The lowest BCUT2D eigenvalue weighted by molar-refractivity contribution is -0.115. The Balaban J connectivity index is 1.80. The van der Waals surface area contributed by atoms with E-state index in [9.17, 15) is 10.1 Å². The molecule has 0 aliphatic heterocycles. The van der Waals surface area contributed by atoms with Gasteiger partial charge in [-0.05, 0) is 62.8 Å². The van der Waals surface area contributed by atoms with Gasteiger partial charge in [-0.1, -0.05) is 31.2 Å². The third-order valence-corrected chi connectivity index (χ3v) is 6.06. The molecule has 0 saturated heterocycles. The highest BCUT2D eigenvalue weighted by Gasteiger charge is 2.22. The predicted octanol–water partition coefficient (Wildman–Crippen LogP) is 4.44. The van der Waals surface area contributed by atoms with Gasteiger partial charge in [-0.15, -0.1) is 0 Å². The molecule has 140 valence electrons. The lowest BCUT2D eigenvalue weighted by Crippen LogP contribution is -2.25. The Morgan fingerprint density at radius 1 is 1.30 bits per heavy atom. The average Bonchev–Trinajstić information content (AvgIpc) is 2.89. The van der Waals surface area contributed by atoms with Crippen LogP contribution in [0.1, 0.15) is 55.1 Å². The molecule has 3 rings (SSSR count). The molecule has 1 aliphatic rings. The van der Waals surface area contributed by atoms with Gasteiger partial charge in [-0.3, -0.25) is 4.79 Å². The van der Waals surface area contributed by atoms with Crippen LogP contribution in [0.25, 0.3) is 0 Å². The maximum atomic E-state index is 12.7. The van der Waals surface area contributed by atoms with E-state index in [4.69, 9.17) is 4.98 Å². The Morgan fingerprint density at radius 3 is 2.85 bits per heavy atom. The molecule has 0 aromatic carbocycles. The molecule has 1 aliphatic carbocycles. The SMILES string of the molecule is CCC(Sc1nc2c(cc1C#N)CCCCC2)C(=O)Nc1cccc(C)n1. The largest absolute Gasteiger partial charge is 0.310 e. The molecule has 6 heteroatoms. The molecule has 1 N–H and O–H groups in total. The van der Waals surface area contributed by atoms with Crippen molar-refractivity contribution in [1.29, 1.82) is 5.26 Å². The summed E-state index contributed by atoms with van der Waals surface area (Å²) in [4.78, 5) is 21.8. The van der Waals surface area contributed by atoms with Gasteiger partial charge in [0.2, 0.25) is 5.91 Å². The van der Waals surface area contributed by atoms with Gasteiger partial charge in [0.15, 0.2) is 0 Å². The van der Waals surface area contributed by atoms with Crippen molar-refractivity contribution in [2.24, 2.45) is 0 Å². The highest BCUT2D eigenvalue weighted by molar-refractivity contribution is 8.00. The molecular formula is C21H24N4OS. The van der Waals surface area contributed by atoms with Crippen LogP contribution in [0.2, 0.25) is 0 Å². The summed E-state index contributed by atoms with van der Waals surface area (Å²) in [5.74, 6) is 0.440. The Bertz CT molecular complexity index is 875. The Kier molecular flexibility index (Phi) is 6.46. The van der Waals surface area contributed by atoms with E-state index in [2.05, 4.69) is 16.4 Å². The quantitative estimate of drug-likeness (QED) is 0.613. The fourth-order valence-corrected chi connectivity index (χ4v) is 4.23. The summed E-state index contributed by atoms with van der Waals surface area (Å²) in [5, 5.41) is 12.8. The van der Waals surface area contributed by atoms with Crippen molar-refractivity contribution in [3.8, 4) is 6.07 Å². The van der Waals surface area contributed by atoms with Gasteiger partial charge in [-0.25, -0.2) is 9.97 Å². The number of rotatable bonds is 5. The number of thioether (sulfide) groups is 1. The van der Waals surface area contributed by atoms with Crippen molar-refractivity contribution in [2.45, 2.75) is 62.6 Å². The number of nitrogens with one attached hydrogen (secondary N) is 1. The fraction of sp³-hybridized carbons (Fsp3) is 0.429. The van der Waals surface area contributed by atoms with Gasteiger partial charge < -0.3 is 5.32 Å². The number of hydrogen-bond acceptors (Lipinski definition) is 5. The molecule has 27 heavy (non-hydrogen) atoms. The predicted molar refractivity (Wildman–Crippen MR) is 108 cm³/mol. The number of hydrogen-bond donors (Lipinski definition) is 1. The topological polar surface area (TPSA) is 78.7 Å². The molecule has 0 fully saturated rings. The van der Waals surface area contributed by atoms with E-state index in [1.165, 1.54) is 23.7 Å². The minimum absolute atomic E-state index is 0.110. The molecule has 5 nitrogen and oxygen atoms in total. The fourth-order valence-electron chi connectivity index (χ4n) is 3.24. The summed E-state index contributed by atoms with van der Waals surface area (Å²) >= 11 is 1.38. The van der Waals surface area contributed by atoms with Crippen molar-refractivity contribution in [2.75, 3.05) is 5.32 Å². The Labute approximate surface area is 164 Å². The standard InChI is InChI=1S/C21H24N4OS/c1-3-18(20(26)25-19-11-7-8-14(2)23-19)27-21-16(13-22)12-15-9-5-4-6-10-17(15)24-21/h7-8,11-12,18H,3-6,9-10H2,1-2H3,(H,23,25,26). The zero-order valence-corrected chi connectivity index (χ0v) is 16.6. The van der Waals surface area contributed by atoms with Gasteiger partial charge >= 0.3 is 0 Å². The van der Waals surface area contributed by atoms with Crippen molar-refractivity contribution in [3.05, 3.63) is 46.8 Å². The minimum Gasteiger partial charge on any atom is -0.310 e. The molecule has 2 heterocycles. The Morgan fingerprint density at radius 2 is 2.11 bits per heavy atom. The molecule has 0 saturated carbocycles. The van der Waals surface area contributed by atoms with Gasteiger partial charge in [0.05, 0.1) is 10.8 Å². The van der Waals surface area contributed by atoms with Gasteiger partial charge in [0, 0.05) is 11.4 Å². The summed E-state index contributed by atoms with van der Waals surface area (Å²) in [6.45, 7) is 3.86. The molecule has 2 aromatic heterocycles. The van der Waals surface area contributed by atoms with Crippen LogP contribution in [0.5, 0.6) is 0 Å². The van der Waals surface area contributed by atoms with Gasteiger partial charge in [0.25, 0.3) is 0 Å². The van der Waals surface area contributed by atoms with E-state index in [-0.39, 0.29) is 11.2 Å². The van der Waals surface area contributed by atoms with E-state index >= 15 is 0 Å². The summed E-state index contributed by atoms with van der Waals surface area (Å²) in [6, 6.07) is 9.78. The highest BCUT2D eigenvalue weighted by atomic mass is 32.2. The third-order valence-electron chi connectivity index (χ3n) is 4.69. The van der Waals surface area contributed by atoms with Crippen molar-refractivity contribution >= 4 is 23.5 Å². The first-order chi connectivity index (χ1) is 13.1. The number of nitrogens with zero attached hydrogens (tertiary/aromatic N) is 3. The van der Waals surface area contributed by atoms with Crippen LogP contribution in [-0.4, -0.2) is 21.1 Å². The zero-order valence-electron chi connectivity index (χ0n) is 15.8. The van der Waals surface area contributed by atoms with E-state index in [0.29, 0.717) is 22.8 Å². The number of fused-ring (bicyclic) bond motifs is 1. The normalized spacial score (nSPS) is 14.6. The Hall–Kier alpha value is -2.39. The maximum absolute atomic E-state index is 12.7. The molecule has 1 atom stereocenters. The van der Waals surface area contributed by atoms with Gasteiger partial charge in [0.1, 0.15) is 16.9 Å². The number of nitriles is 1. The number of carbonyl (C=O) groups excluding carboxylic acids is 1. The number of aromatic nitrogens is 2. The lowest BCUT2D eigenvalue weighted by atomic mass is 10.1. The second-order valence-electron chi connectivity index (χ2n) is 6.79. The smallest absolute Gasteiger partial charge is 0.239 e. The molecule has 2 aromatic rings. The van der Waals surface area contributed by atoms with Crippen LogP contribution < -0.4 is 5.32 Å². The number of pyridine rings is 2. The van der Waals surface area contributed by atoms with Crippen LogP contribution in [-0.2, 0) is 17.6 Å². The average molecular weight is 381 g/mol. The molecule has 0 spiro atoms. The van der Waals surface area contributed by atoms with Crippen LogP contribution in [0.4, 0.5) is 5.82 Å². The number of anilines is 1. The first-order valence-corrected chi connectivity index (χ1v) is 10.3. The lowest BCUT2D eigenvalue weighted by Gasteiger charge is -2.16. The molecule has 0 bridgehead atoms. The first kappa shape index (κ1) is 19.4. The molecule has 0 radical (unpaired) electrons. The molecule has 1 unspecified atom stereocenters. The molecule has 1 amide bonds. The number of carbonyl (C=O) groups is 1. The number of amides is 1. The highest BCUT2D eigenvalue weighted by Crippen LogP contribution is 2.31. The van der Waals surface area contributed by atoms with E-state index < -0.39 is 0 Å². The number of aryl methyl sites for hydroxylation is 3. The zero-order chi connectivity index (χ0) is 19.2. The van der Waals surface area contributed by atoms with Crippen molar-refractivity contribution in [1.82, 2.24) is 9.97 Å². The minimum atomic E-state index is -0.323. The van der Waals surface area contributed by atoms with Crippen LogP contribution in [0, 0.1) is 18.3 Å². The second-order valence-corrected chi connectivity index (χ2v) is 7.98. The van der Waals surface area contributed by atoms with E-state index in [1.807, 2.05) is 32.0 Å². The van der Waals surface area contributed by atoms with E-state index in [1.54, 1.807) is 6.07 Å². The summed E-state index contributed by atoms with van der Waals surface area (Å²) in [7, 11) is 0. The van der Waals surface area contributed by atoms with Crippen LogP contribution in [0.15, 0.2) is 29.3 Å². The van der Waals surface area contributed by atoms with Crippen molar-refractivity contribution < 1.29 is 4.79 Å². The molecular weight excluding hydrogens is 356 g/mol. The maximum Gasteiger partial charge on any atom is 0.239 e. The first-order valence-electron chi connectivity index (χ1n) is 9.44. The van der Waals surface area contributed by atoms with Crippen molar-refractivity contribution in [3.63, 3.8) is 0 Å².